The lowest BCUT2D eigenvalue weighted by molar-refractivity contribution is -0.134. The lowest BCUT2D eigenvalue weighted by Gasteiger charge is -2.22. The van der Waals surface area contributed by atoms with Crippen molar-refractivity contribution in [1.82, 2.24) is 14.7 Å². The van der Waals surface area contributed by atoms with Gasteiger partial charge in [0.25, 0.3) is 0 Å². The van der Waals surface area contributed by atoms with E-state index in [0.717, 1.165) is 29.8 Å². The summed E-state index contributed by atoms with van der Waals surface area (Å²) in [6.45, 7) is 10.7. The van der Waals surface area contributed by atoms with Crippen molar-refractivity contribution >= 4 is 17.6 Å². The monoisotopic (exact) mass is 478 g/mol. The Morgan fingerprint density at radius 1 is 1.06 bits per heavy atom. The fourth-order valence-corrected chi connectivity index (χ4v) is 3.60. The molecule has 6 nitrogen and oxygen atoms in total. The smallest absolute Gasteiger partial charge is 0.245 e. The van der Waals surface area contributed by atoms with Crippen LogP contribution in [0, 0.1) is 12.7 Å². The van der Waals surface area contributed by atoms with Gasteiger partial charge in [0.2, 0.25) is 11.8 Å². The number of hydrogen-bond donors (Lipinski definition) is 1. The van der Waals surface area contributed by atoms with Crippen LogP contribution in [0.4, 0.5) is 10.2 Å². The number of carbonyl (C=O) groups excluding carboxylic acids is 2. The molecule has 35 heavy (non-hydrogen) atoms. The zero-order valence-corrected chi connectivity index (χ0v) is 21.3. The number of benzene rings is 2. The van der Waals surface area contributed by atoms with Crippen LogP contribution >= 0.6 is 0 Å². The Labute approximate surface area is 207 Å². The number of aryl methyl sites for hydroxylation is 1. The summed E-state index contributed by atoms with van der Waals surface area (Å²) in [5.74, 6) is -0.238. The molecular weight excluding hydrogens is 443 g/mol. The Balaban J connectivity index is 1.79. The summed E-state index contributed by atoms with van der Waals surface area (Å²) in [5.41, 5.74) is 3.34. The summed E-state index contributed by atoms with van der Waals surface area (Å²) in [6, 6.07) is 15.7. The third-order valence-corrected chi connectivity index (χ3v) is 5.76. The van der Waals surface area contributed by atoms with Crippen LogP contribution in [0.15, 0.2) is 54.6 Å². The highest BCUT2D eigenvalue weighted by Crippen LogP contribution is 2.26. The molecule has 1 heterocycles. The number of nitrogens with zero attached hydrogens (tertiary/aromatic N) is 3. The topological polar surface area (TPSA) is 67.2 Å². The molecule has 0 aliphatic carbocycles. The predicted molar refractivity (Wildman–Crippen MR) is 137 cm³/mol. The highest BCUT2D eigenvalue weighted by molar-refractivity contribution is 5.94. The second-order valence-electron chi connectivity index (χ2n) is 9.93. The maximum Gasteiger partial charge on any atom is 0.245 e. The van der Waals surface area contributed by atoms with E-state index in [2.05, 4.69) is 26.1 Å². The minimum absolute atomic E-state index is 0.0655. The molecule has 0 spiro atoms. The normalized spacial score (nSPS) is 11.4. The molecule has 0 aliphatic rings. The lowest BCUT2D eigenvalue weighted by atomic mass is 9.92. The molecule has 0 saturated heterocycles. The minimum Gasteiger partial charge on any atom is -0.333 e. The van der Waals surface area contributed by atoms with Gasteiger partial charge in [-0.05, 0) is 43.2 Å². The minimum atomic E-state index is -0.344. The van der Waals surface area contributed by atoms with E-state index in [0.29, 0.717) is 17.9 Å². The second-order valence-corrected chi connectivity index (χ2v) is 9.93. The van der Waals surface area contributed by atoms with E-state index in [9.17, 15) is 14.0 Å². The first-order valence-corrected chi connectivity index (χ1v) is 12.1. The number of anilines is 1. The molecule has 2 aromatic carbocycles. The van der Waals surface area contributed by atoms with Crippen molar-refractivity contribution < 1.29 is 14.0 Å². The van der Waals surface area contributed by atoms with Crippen LogP contribution in [0.5, 0.6) is 0 Å². The zero-order chi connectivity index (χ0) is 25.6. The maximum atomic E-state index is 13.2. The van der Waals surface area contributed by atoms with Crippen LogP contribution in [0.3, 0.4) is 0 Å². The first-order chi connectivity index (χ1) is 16.6. The fourth-order valence-electron chi connectivity index (χ4n) is 3.60. The molecule has 1 N–H and O–H groups in total. The van der Waals surface area contributed by atoms with E-state index in [1.807, 2.05) is 44.2 Å². The first-order valence-electron chi connectivity index (χ1n) is 12.1. The van der Waals surface area contributed by atoms with Gasteiger partial charge in [-0.1, -0.05) is 63.9 Å². The maximum absolute atomic E-state index is 13.2. The Hall–Kier alpha value is -3.48. The van der Waals surface area contributed by atoms with E-state index >= 15 is 0 Å². The molecule has 0 bridgehead atoms. The molecule has 7 heteroatoms. The largest absolute Gasteiger partial charge is 0.333 e. The third-order valence-electron chi connectivity index (χ3n) is 5.76. The van der Waals surface area contributed by atoms with Crippen molar-refractivity contribution in [2.75, 3.05) is 18.4 Å². The van der Waals surface area contributed by atoms with E-state index in [1.54, 1.807) is 21.7 Å². The predicted octanol–water partition coefficient (Wildman–Crippen LogP) is 5.43. The van der Waals surface area contributed by atoms with Gasteiger partial charge in [0, 0.05) is 18.0 Å². The first kappa shape index (κ1) is 26.1. The molecule has 0 unspecified atom stereocenters. The molecular formula is C28H35FN4O2. The number of nitrogens with one attached hydrogen (secondary N) is 1. The van der Waals surface area contributed by atoms with Crippen molar-refractivity contribution in [2.45, 2.75) is 59.3 Å². The number of aromatic nitrogens is 2. The Morgan fingerprint density at radius 3 is 2.31 bits per heavy atom. The number of carbonyl (C=O) groups is 2. The molecule has 0 saturated carbocycles. The summed E-state index contributed by atoms with van der Waals surface area (Å²) in [5, 5.41) is 7.72. The highest BCUT2D eigenvalue weighted by Gasteiger charge is 2.23. The molecule has 0 atom stereocenters. The molecule has 1 aromatic heterocycles. The van der Waals surface area contributed by atoms with Crippen molar-refractivity contribution in [3.05, 3.63) is 77.2 Å². The molecule has 0 aliphatic heterocycles. The van der Waals surface area contributed by atoms with Crippen LogP contribution in [0.1, 0.15) is 57.4 Å². The van der Waals surface area contributed by atoms with Gasteiger partial charge in [0.05, 0.1) is 24.3 Å². The third kappa shape index (κ3) is 7.25. The Morgan fingerprint density at radius 2 is 1.71 bits per heavy atom. The van der Waals surface area contributed by atoms with Crippen molar-refractivity contribution in [2.24, 2.45) is 0 Å². The second kappa shape index (κ2) is 11.3. The number of amides is 2. The number of rotatable bonds is 9. The van der Waals surface area contributed by atoms with E-state index in [-0.39, 0.29) is 36.0 Å². The summed E-state index contributed by atoms with van der Waals surface area (Å²) in [4.78, 5) is 27.6. The standard InChI is InChI=1S/C28H35FN4O2/c1-6-7-16-32(27(35)17-21-10-12-22(29)13-11-21)19-26(34)30-25-18-24(28(3,4)5)31-33(25)23-14-8-20(2)9-15-23/h8-15,18H,6-7,16-17,19H2,1-5H3,(H,30,34). The molecule has 3 rings (SSSR count). The van der Waals surface area contributed by atoms with Gasteiger partial charge >= 0.3 is 0 Å². The number of halogens is 1. The Kier molecular flexibility index (Phi) is 8.43. The summed E-state index contributed by atoms with van der Waals surface area (Å²) in [7, 11) is 0. The van der Waals surface area contributed by atoms with E-state index < -0.39 is 0 Å². The molecule has 2 amide bonds. The average Bonchev–Trinajstić information content (AvgIpc) is 3.22. The van der Waals surface area contributed by atoms with Gasteiger partial charge in [-0.25, -0.2) is 9.07 Å². The quantitative estimate of drug-likeness (QED) is 0.446. The van der Waals surface area contributed by atoms with Crippen LogP contribution < -0.4 is 5.32 Å². The molecule has 186 valence electrons. The SMILES string of the molecule is CCCCN(CC(=O)Nc1cc(C(C)(C)C)nn1-c1ccc(C)cc1)C(=O)Cc1ccc(F)cc1. The molecule has 0 fully saturated rings. The van der Waals surface area contributed by atoms with Gasteiger partial charge in [-0.15, -0.1) is 0 Å². The fraction of sp³-hybridized carbons (Fsp3) is 0.393. The van der Waals surface area contributed by atoms with Gasteiger partial charge in [0.15, 0.2) is 0 Å². The van der Waals surface area contributed by atoms with Gasteiger partial charge in [-0.3, -0.25) is 9.59 Å². The van der Waals surface area contributed by atoms with Gasteiger partial charge in [-0.2, -0.15) is 5.10 Å². The highest BCUT2D eigenvalue weighted by atomic mass is 19.1. The lowest BCUT2D eigenvalue weighted by Crippen LogP contribution is -2.39. The number of hydrogen-bond acceptors (Lipinski definition) is 3. The molecule has 0 radical (unpaired) electrons. The van der Waals surface area contributed by atoms with Crippen molar-refractivity contribution in [1.29, 1.82) is 0 Å². The van der Waals surface area contributed by atoms with E-state index in [1.165, 1.54) is 12.1 Å². The van der Waals surface area contributed by atoms with Crippen LogP contribution in [0.25, 0.3) is 5.69 Å². The van der Waals surface area contributed by atoms with Gasteiger partial charge in [0.1, 0.15) is 11.6 Å². The number of unbranched alkanes of at least 4 members (excludes halogenated alkanes) is 1. The van der Waals surface area contributed by atoms with Crippen molar-refractivity contribution in [3.8, 4) is 5.69 Å². The van der Waals surface area contributed by atoms with Gasteiger partial charge < -0.3 is 10.2 Å². The summed E-state index contributed by atoms with van der Waals surface area (Å²) in [6.07, 6.45) is 1.81. The zero-order valence-electron chi connectivity index (χ0n) is 21.3. The van der Waals surface area contributed by atoms with Crippen LogP contribution in [-0.4, -0.2) is 39.6 Å². The Bertz CT molecular complexity index is 1150. The summed E-state index contributed by atoms with van der Waals surface area (Å²) >= 11 is 0. The average molecular weight is 479 g/mol. The van der Waals surface area contributed by atoms with Crippen LogP contribution in [0.2, 0.25) is 0 Å². The van der Waals surface area contributed by atoms with Crippen molar-refractivity contribution in [3.63, 3.8) is 0 Å². The van der Waals surface area contributed by atoms with E-state index in [4.69, 9.17) is 5.10 Å². The summed E-state index contributed by atoms with van der Waals surface area (Å²) < 4.78 is 15.0. The molecule has 3 aromatic rings. The van der Waals surface area contributed by atoms with Crippen LogP contribution in [-0.2, 0) is 21.4 Å².